The Bertz CT molecular complexity index is 1420. The maximum atomic E-state index is 13.2. The highest BCUT2D eigenvalue weighted by molar-refractivity contribution is 5.91. The molecule has 1 fully saturated rings. The lowest BCUT2D eigenvalue weighted by Gasteiger charge is -2.32. The highest BCUT2D eigenvalue weighted by Crippen LogP contribution is 2.26. The molecule has 8 nitrogen and oxygen atoms in total. The molecular formula is C29H34N4O4. The summed E-state index contributed by atoms with van der Waals surface area (Å²) in [6.07, 6.45) is 1.45. The fourth-order valence-electron chi connectivity index (χ4n) is 5.12. The third kappa shape index (κ3) is 5.34. The van der Waals surface area contributed by atoms with Gasteiger partial charge in [-0.25, -0.2) is 4.79 Å². The molecule has 5 rings (SSSR count). The molecule has 8 heteroatoms. The number of hydrogen-bond acceptors (Lipinski definition) is 5. The number of amides is 1. The highest BCUT2D eigenvalue weighted by atomic mass is 16.5. The summed E-state index contributed by atoms with van der Waals surface area (Å²) in [5, 5.41) is 0. The number of furan rings is 1. The lowest BCUT2D eigenvalue weighted by molar-refractivity contribution is 0.0658. The van der Waals surface area contributed by atoms with Gasteiger partial charge in [0.2, 0.25) is 0 Å². The summed E-state index contributed by atoms with van der Waals surface area (Å²) < 4.78 is 13.2. The molecule has 1 aliphatic heterocycles. The van der Waals surface area contributed by atoms with E-state index in [1.54, 1.807) is 13.2 Å². The lowest BCUT2D eigenvalue weighted by atomic mass is 10.0. The number of para-hydroxylation sites is 2. The van der Waals surface area contributed by atoms with Crippen LogP contribution in [0.4, 0.5) is 0 Å². The Kier molecular flexibility index (Phi) is 7.19. The molecule has 2 aromatic carbocycles. The number of imidazole rings is 1. The molecule has 3 heterocycles. The van der Waals surface area contributed by atoms with Crippen molar-refractivity contribution in [1.82, 2.24) is 19.4 Å². The number of piperidine rings is 1. The lowest BCUT2D eigenvalue weighted by Crippen LogP contribution is -2.40. The van der Waals surface area contributed by atoms with Crippen molar-refractivity contribution in [1.29, 1.82) is 0 Å². The van der Waals surface area contributed by atoms with Crippen molar-refractivity contribution in [2.75, 3.05) is 20.2 Å². The van der Waals surface area contributed by atoms with Gasteiger partial charge in [0, 0.05) is 31.7 Å². The molecule has 2 aromatic heterocycles. The Hall–Kier alpha value is -3.78. The standard InChI is InChI=1S/C29H34N4O4/c1-20(2)32(18-21-7-6-8-23(17-21)36-3)19-24-11-12-27(37-24)28(34)31-15-13-22(14-16-31)33-26-10-5-4-9-25(26)30-29(33)35/h4-12,17,20,22H,13-16,18-19H2,1-3H3,(H,30,35). The second-order valence-electron chi connectivity index (χ2n) is 9.96. The van der Waals surface area contributed by atoms with E-state index in [0.717, 1.165) is 47.5 Å². The summed E-state index contributed by atoms with van der Waals surface area (Å²) in [6.45, 7) is 6.82. The number of aromatic amines is 1. The smallest absolute Gasteiger partial charge is 0.326 e. The number of H-pyrrole nitrogens is 1. The first-order valence-electron chi connectivity index (χ1n) is 12.9. The van der Waals surface area contributed by atoms with E-state index in [1.165, 1.54) is 0 Å². The van der Waals surface area contributed by atoms with Crippen LogP contribution in [0.15, 0.2) is 69.9 Å². The molecular weight excluding hydrogens is 468 g/mol. The van der Waals surface area contributed by atoms with E-state index < -0.39 is 0 Å². The normalized spacial score (nSPS) is 14.7. The van der Waals surface area contributed by atoms with Gasteiger partial charge < -0.3 is 19.0 Å². The van der Waals surface area contributed by atoms with E-state index in [4.69, 9.17) is 9.15 Å². The van der Waals surface area contributed by atoms with E-state index in [1.807, 2.05) is 58.0 Å². The molecule has 0 unspecified atom stereocenters. The zero-order chi connectivity index (χ0) is 25.9. The maximum absolute atomic E-state index is 13.2. The topological polar surface area (TPSA) is 83.7 Å². The number of nitrogens with zero attached hydrogens (tertiary/aromatic N) is 3. The van der Waals surface area contributed by atoms with Gasteiger partial charge >= 0.3 is 5.69 Å². The predicted octanol–water partition coefficient (Wildman–Crippen LogP) is 4.82. The zero-order valence-electron chi connectivity index (χ0n) is 21.6. The van der Waals surface area contributed by atoms with Crippen LogP contribution in [0.1, 0.15) is 54.6 Å². The molecule has 0 atom stereocenters. The number of likely N-dealkylation sites (tertiary alicyclic amines) is 1. The van der Waals surface area contributed by atoms with Crippen LogP contribution in [0.25, 0.3) is 11.0 Å². The predicted molar refractivity (Wildman–Crippen MR) is 143 cm³/mol. The van der Waals surface area contributed by atoms with Gasteiger partial charge in [0.05, 0.1) is 24.7 Å². The summed E-state index contributed by atoms with van der Waals surface area (Å²) in [5.74, 6) is 1.87. The van der Waals surface area contributed by atoms with Crippen LogP contribution in [-0.2, 0) is 13.1 Å². The number of ether oxygens (including phenoxy) is 1. The Morgan fingerprint density at radius 2 is 1.86 bits per heavy atom. The zero-order valence-corrected chi connectivity index (χ0v) is 21.6. The molecule has 1 saturated heterocycles. The van der Waals surface area contributed by atoms with Crippen LogP contribution < -0.4 is 10.4 Å². The largest absolute Gasteiger partial charge is 0.497 e. The highest BCUT2D eigenvalue weighted by Gasteiger charge is 2.28. The number of methoxy groups -OCH3 is 1. The summed E-state index contributed by atoms with van der Waals surface area (Å²) in [6, 6.07) is 19.8. The van der Waals surface area contributed by atoms with Crippen molar-refractivity contribution in [2.45, 2.75) is 51.9 Å². The van der Waals surface area contributed by atoms with Crippen molar-refractivity contribution >= 4 is 16.9 Å². The molecule has 0 radical (unpaired) electrons. The third-order valence-electron chi connectivity index (χ3n) is 7.22. The van der Waals surface area contributed by atoms with Crippen LogP contribution in [-0.4, -0.2) is 51.5 Å². The minimum absolute atomic E-state index is 0.0658. The van der Waals surface area contributed by atoms with Gasteiger partial charge in [-0.15, -0.1) is 0 Å². The van der Waals surface area contributed by atoms with Gasteiger partial charge in [-0.05, 0) is 68.7 Å². The average Bonchev–Trinajstić information content (AvgIpc) is 3.51. The fourth-order valence-corrected chi connectivity index (χ4v) is 5.12. The first-order valence-corrected chi connectivity index (χ1v) is 12.9. The van der Waals surface area contributed by atoms with E-state index in [9.17, 15) is 9.59 Å². The quantitative estimate of drug-likeness (QED) is 0.374. The number of nitrogens with one attached hydrogen (secondary N) is 1. The Labute approximate surface area is 216 Å². The molecule has 0 bridgehead atoms. The van der Waals surface area contributed by atoms with Crippen molar-refractivity contribution in [2.24, 2.45) is 0 Å². The Morgan fingerprint density at radius 3 is 2.62 bits per heavy atom. The number of aromatic nitrogens is 2. The number of rotatable bonds is 8. The van der Waals surface area contributed by atoms with Crippen LogP contribution >= 0.6 is 0 Å². The molecule has 0 aliphatic carbocycles. The molecule has 0 spiro atoms. The third-order valence-corrected chi connectivity index (χ3v) is 7.22. The van der Waals surface area contributed by atoms with Crippen LogP contribution in [0.3, 0.4) is 0 Å². The second-order valence-corrected chi connectivity index (χ2v) is 9.96. The molecule has 37 heavy (non-hydrogen) atoms. The fraction of sp³-hybridized carbons (Fsp3) is 0.379. The molecule has 0 saturated carbocycles. The van der Waals surface area contributed by atoms with Gasteiger partial charge in [-0.1, -0.05) is 24.3 Å². The summed E-state index contributed by atoms with van der Waals surface area (Å²) in [5.41, 5.74) is 2.82. The minimum atomic E-state index is -0.0973. The van der Waals surface area contributed by atoms with Crippen molar-refractivity contribution < 1.29 is 13.9 Å². The van der Waals surface area contributed by atoms with Gasteiger partial charge in [0.25, 0.3) is 5.91 Å². The van der Waals surface area contributed by atoms with Gasteiger partial charge in [-0.2, -0.15) is 0 Å². The summed E-state index contributed by atoms with van der Waals surface area (Å²) in [4.78, 5) is 32.8. The minimum Gasteiger partial charge on any atom is -0.497 e. The Morgan fingerprint density at radius 1 is 1.08 bits per heavy atom. The molecule has 1 aliphatic rings. The SMILES string of the molecule is COc1cccc(CN(Cc2ccc(C(=O)N3CCC(n4c(=O)[nH]c5ccccc54)CC3)o2)C(C)C)c1. The number of hydrogen-bond donors (Lipinski definition) is 1. The van der Waals surface area contributed by atoms with E-state index in [2.05, 4.69) is 29.8 Å². The van der Waals surface area contributed by atoms with Crippen molar-refractivity contribution in [3.05, 3.63) is 88.2 Å². The van der Waals surface area contributed by atoms with E-state index >= 15 is 0 Å². The number of carbonyl (C=O) groups excluding carboxylic acids is 1. The summed E-state index contributed by atoms with van der Waals surface area (Å²) >= 11 is 0. The monoisotopic (exact) mass is 502 g/mol. The van der Waals surface area contributed by atoms with Crippen molar-refractivity contribution in [3.63, 3.8) is 0 Å². The molecule has 1 N–H and O–H groups in total. The van der Waals surface area contributed by atoms with Gasteiger partial charge in [0.1, 0.15) is 11.5 Å². The van der Waals surface area contributed by atoms with Crippen molar-refractivity contribution in [3.8, 4) is 5.75 Å². The van der Waals surface area contributed by atoms with Crippen LogP contribution in [0, 0.1) is 0 Å². The first kappa shape index (κ1) is 24.9. The number of benzene rings is 2. The molecule has 194 valence electrons. The Balaban J connectivity index is 1.22. The molecule has 1 amide bonds. The average molecular weight is 503 g/mol. The molecule has 4 aromatic rings. The first-order chi connectivity index (χ1) is 17.9. The van der Waals surface area contributed by atoms with Gasteiger partial charge in [-0.3, -0.25) is 14.3 Å². The number of fused-ring (bicyclic) bond motifs is 1. The van der Waals surface area contributed by atoms with E-state index in [-0.39, 0.29) is 17.6 Å². The second kappa shape index (κ2) is 10.7. The number of carbonyl (C=O) groups is 1. The maximum Gasteiger partial charge on any atom is 0.326 e. The van der Waals surface area contributed by atoms with E-state index in [0.29, 0.717) is 31.4 Å². The summed E-state index contributed by atoms with van der Waals surface area (Å²) in [7, 11) is 1.67. The van der Waals surface area contributed by atoms with Crippen LogP contribution in [0.5, 0.6) is 5.75 Å². The van der Waals surface area contributed by atoms with Crippen LogP contribution in [0.2, 0.25) is 0 Å². The van der Waals surface area contributed by atoms with Gasteiger partial charge in [0.15, 0.2) is 5.76 Å².